The van der Waals surface area contributed by atoms with E-state index in [0.717, 1.165) is 12.0 Å². The largest absolute Gasteiger partial charge is 0.388 e. The molecule has 3 atom stereocenters. The maximum atomic E-state index is 10.6. The third kappa shape index (κ3) is 2.08. The first-order valence-electron chi connectivity index (χ1n) is 7.03. The highest BCUT2D eigenvalue weighted by Gasteiger charge is 2.28. The van der Waals surface area contributed by atoms with Crippen molar-refractivity contribution >= 4 is 0 Å². The van der Waals surface area contributed by atoms with Crippen molar-refractivity contribution in [2.75, 3.05) is 0 Å². The lowest BCUT2D eigenvalue weighted by Gasteiger charge is -2.30. The fraction of sp³-hybridized carbons (Fsp3) is 0.333. The molecule has 1 aliphatic carbocycles. The summed E-state index contributed by atoms with van der Waals surface area (Å²) in [6.07, 6.45) is 0.655. The number of aliphatic hydroxyl groups is 1. The van der Waals surface area contributed by atoms with Crippen molar-refractivity contribution in [3.8, 4) is 11.1 Å². The van der Waals surface area contributed by atoms with Gasteiger partial charge in [0.1, 0.15) is 0 Å². The van der Waals surface area contributed by atoms with E-state index in [1.807, 2.05) is 6.07 Å². The minimum Gasteiger partial charge on any atom is -0.388 e. The van der Waals surface area contributed by atoms with E-state index < -0.39 is 0 Å². The second-order valence-electron chi connectivity index (χ2n) is 5.73. The molecule has 0 bridgehead atoms. The van der Waals surface area contributed by atoms with Gasteiger partial charge in [-0.2, -0.15) is 0 Å². The van der Waals surface area contributed by atoms with Gasteiger partial charge in [0.25, 0.3) is 0 Å². The van der Waals surface area contributed by atoms with Gasteiger partial charge in [-0.3, -0.25) is 0 Å². The third-order valence-corrected chi connectivity index (χ3v) is 4.52. The molecule has 1 aliphatic rings. The van der Waals surface area contributed by atoms with E-state index in [9.17, 15) is 5.11 Å². The molecule has 1 heteroatoms. The van der Waals surface area contributed by atoms with Crippen LogP contribution in [0.25, 0.3) is 11.1 Å². The topological polar surface area (TPSA) is 20.2 Å². The Labute approximate surface area is 114 Å². The smallest absolute Gasteiger partial charge is 0.0824 e. The molecule has 1 N–H and O–H groups in total. The number of rotatable bonds is 0. The van der Waals surface area contributed by atoms with Gasteiger partial charge in [0.05, 0.1) is 6.10 Å². The standard InChI is InChI=1S/C18H20O/c1-12-11-14-7-3-4-8-15(14)16-9-5-6-10-17(16)18(19)13(12)2/h3-10,12-13,18-19H,11H2,1-2H3/t12-,13+,18-/m0/s1. The Morgan fingerprint density at radius 2 is 1.53 bits per heavy atom. The zero-order valence-electron chi connectivity index (χ0n) is 11.5. The fourth-order valence-electron chi connectivity index (χ4n) is 3.09. The first-order valence-corrected chi connectivity index (χ1v) is 7.03. The van der Waals surface area contributed by atoms with Gasteiger partial charge in [-0.1, -0.05) is 62.4 Å². The van der Waals surface area contributed by atoms with Gasteiger partial charge in [-0.25, -0.2) is 0 Å². The van der Waals surface area contributed by atoms with Crippen molar-refractivity contribution in [1.29, 1.82) is 0 Å². The maximum Gasteiger partial charge on any atom is 0.0824 e. The van der Waals surface area contributed by atoms with Crippen LogP contribution in [0.2, 0.25) is 0 Å². The molecule has 0 aliphatic heterocycles. The Bertz CT molecular complexity index is 588. The molecule has 98 valence electrons. The van der Waals surface area contributed by atoms with Gasteiger partial charge in [-0.05, 0) is 40.5 Å². The summed E-state index contributed by atoms with van der Waals surface area (Å²) < 4.78 is 0. The minimum atomic E-state index is -0.375. The molecule has 0 spiro atoms. The second kappa shape index (κ2) is 4.82. The van der Waals surface area contributed by atoms with E-state index in [-0.39, 0.29) is 12.0 Å². The lowest BCUT2D eigenvalue weighted by atomic mass is 9.77. The van der Waals surface area contributed by atoms with Crippen LogP contribution in [-0.2, 0) is 6.42 Å². The van der Waals surface area contributed by atoms with Gasteiger partial charge >= 0.3 is 0 Å². The maximum absolute atomic E-state index is 10.6. The normalized spacial score (nSPS) is 25.9. The van der Waals surface area contributed by atoms with Crippen molar-refractivity contribution in [3.63, 3.8) is 0 Å². The first-order chi connectivity index (χ1) is 9.18. The summed E-state index contributed by atoms with van der Waals surface area (Å²) >= 11 is 0. The van der Waals surface area contributed by atoms with E-state index in [1.165, 1.54) is 16.7 Å². The SMILES string of the molecule is C[C@H]1[C@H](O)c2ccccc2-c2ccccc2C[C@@H]1C. The quantitative estimate of drug-likeness (QED) is 0.744. The molecular weight excluding hydrogens is 232 g/mol. The van der Waals surface area contributed by atoms with Gasteiger partial charge in [0.2, 0.25) is 0 Å². The highest BCUT2D eigenvalue weighted by atomic mass is 16.3. The van der Waals surface area contributed by atoms with Crippen LogP contribution in [0, 0.1) is 11.8 Å². The molecule has 2 aromatic rings. The minimum absolute atomic E-state index is 0.273. The van der Waals surface area contributed by atoms with Crippen LogP contribution in [0.15, 0.2) is 48.5 Å². The monoisotopic (exact) mass is 252 g/mol. The summed E-state index contributed by atoms with van der Waals surface area (Å²) in [5, 5.41) is 10.6. The molecule has 0 amide bonds. The highest BCUT2D eigenvalue weighted by molar-refractivity contribution is 5.71. The molecular formula is C18H20O. The van der Waals surface area contributed by atoms with Crippen LogP contribution in [0.3, 0.4) is 0 Å². The Hall–Kier alpha value is -1.60. The molecule has 3 rings (SSSR count). The number of fused-ring (bicyclic) bond motifs is 3. The summed E-state index contributed by atoms with van der Waals surface area (Å²) in [6.45, 7) is 4.39. The second-order valence-corrected chi connectivity index (χ2v) is 5.73. The summed E-state index contributed by atoms with van der Waals surface area (Å²) in [5.41, 5.74) is 4.91. The number of hydrogen-bond donors (Lipinski definition) is 1. The van der Waals surface area contributed by atoms with Crippen molar-refractivity contribution in [2.24, 2.45) is 11.8 Å². The molecule has 19 heavy (non-hydrogen) atoms. The van der Waals surface area contributed by atoms with Crippen LogP contribution < -0.4 is 0 Å². The predicted octanol–water partition coefficient (Wildman–Crippen LogP) is 4.22. The summed E-state index contributed by atoms with van der Waals surface area (Å²) in [7, 11) is 0. The van der Waals surface area contributed by atoms with Gasteiger partial charge in [0.15, 0.2) is 0 Å². The van der Waals surface area contributed by atoms with E-state index in [0.29, 0.717) is 5.92 Å². The third-order valence-electron chi connectivity index (χ3n) is 4.52. The van der Waals surface area contributed by atoms with Crippen LogP contribution in [0.5, 0.6) is 0 Å². The van der Waals surface area contributed by atoms with Crippen LogP contribution in [0.4, 0.5) is 0 Å². The van der Waals surface area contributed by atoms with Crippen LogP contribution in [0.1, 0.15) is 31.1 Å². The molecule has 0 saturated heterocycles. The summed E-state index contributed by atoms with van der Waals surface area (Å²) in [4.78, 5) is 0. The number of aliphatic hydroxyl groups excluding tert-OH is 1. The van der Waals surface area contributed by atoms with E-state index in [4.69, 9.17) is 0 Å². The van der Waals surface area contributed by atoms with Gasteiger partial charge in [0, 0.05) is 0 Å². The molecule has 2 aromatic carbocycles. The van der Waals surface area contributed by atoms with Crippen LogP contribution in [-0.4, -0.2) is 5.11 Å². The van der Waals surface area contributed by atoms with E-state index >= 15 is 0 Å². The summed E-state index contributed by atoms with van der Waals surface area (Å²) in [5.74, 6) is 0.749. The molecule has 1 nitrogen and oxygen atoms in total. The van der Waals surface area contributed by atoms with E-state index in [1.54, 1.807) is 0 Å². The molecule has 0 fully saturated rings. The average Bonchev–Trinajstić information content (AvgIpc) is 2.45. The Kier molecular flexibility index (Phi) is 3.16. The van der Waals surface area contributed by atoms with E-state index in [2.05, 4.69) is 56.3 Å². The Morgan fingerprint density at radius 1 is 0.895 bits per heavy atom. The Balaban J connectivity index is 2.25. The average molecular weight is 252 g/mol. The van der Waals surface area contributed by atoms with Crippen molar-refractivity contribution in [2.45, 2.75) is 26.4 Å². The highest BCUT2D eigenvalue weighted by Crippen LogP contribution is 2.40. The molecule has 0 radical (unpaired) electrons. The first kappa shape index (κ1) is 12.4. The van der Waals surface area contributed by atoms with Crippen molar-refractivity contribution < 1.29 is 5.11 Å². The summed E-state index contributed by atoms with van der Waals surface area (Å²) in [6, 6.07) is 16.8. The van der Waals surface area contributed by atoms with Crippen LogP contribution >= 0.6 is 0 Å². The molecule has 0 heterocycles. The fourth-order valence-corrected chi connectivity index (χ4v) is 3.09. The lowest BCUT2D eigenvalue weighted by Crippen LogP contribution is -2.21. The zero-order valence-corrected chi connectivity index (χ0v) is 11.5. The molecule has 0 aromatic heterocycles. The zero-order chi connectivity index (χ0) is 13.4. The van der Waals surface area contributed by atoms with Crippen molar-refractivity contribution in [3.05, 3.63) is 59.7 Å². The number of benzene rings is 2. The lowest BCUT2D eigenvalue weighted by molar-refractivity contribution is 0.0869. The van der Waals surface area contributed by atoms with Gasteiger partial charge < -0.3 is 5.11 Å². The molecule has 0 unspecified atom stereocenters. The number of hydrogen-bond acceptors (Lipinski definition) is 1. The Morgan fingerprint density at radius 3 is 2.32 bits per heavy atom. The predicted molar refractivity (Wildman–Crippen MR) is 78.9 cm³/mol. The molecule has 0 saturated carbocycles. The van der Waals surface area contributed by atoms with Crippen molar-refractivity contribution in [1.82, 2.24) is 0 Å². The van der Waals surface area contributed by atoms with Gasteiger partial charge in [-0.15, -0.1) is 0 Å².